The number of alkyl halides is 3. The summed E-state index contributed by atoms with van der Waals surface area (Å²) in [6.45, 7) is 1.60. The molecule has 0 aliphatic heterocycles. The number of phenolic OH excluding ortho intramolecular Hbond substituents is 1. The van der Waals surface area contributed by atoms with Gasteiger partial charge in [-0.1, -0.05) is 0 Å². The quantitative estimate of drug-likeness (QED) is 0.524. The van der Waals surface area contributed by atoms with Crippen LogP contribution in [0.4, 0.5) is 17.6 Å². The Bertz CT molecular complexity index is 1170. The van der Waals surface area contributed by atoms with E-state index in [1.165, 1.54) is 10.5 Å². The number of fused-ring (bicyclic) bond motifs is 3. The maximum absolute atomic E-state index is 14.2. The lowest BCUT2D eigenvalue weighted by Crippen LogP contribution is -2.10. The van der Waals surface area contributed by atoms with Crippen molar-refractivity contribution in [2.45, 2.75) is 13.1 Å². The van der Waals surface area contributed by atoms with Gasteiger partial charge in [0.2, 0.25) is 0 Å². The zero-order chi connectivity index (χ0) is 18.6. The largest absolute Gasteiger partial charge is 0.508 e. The zero-order valence-electron chi connectivity index (χ0n) is 13.1. The number of benzene rings is 1. The summed E-state index contributed by atoms with van der Waals surface area (Å²) in [5.41, 5.74) is -0.704. The molecule has 3 heterocycles. The van der Waals surface area contributed by atoms with Gasteiger partial charge in [0.25, 0.3) is 0 Å². The Morgan fingerprint density at radius 2 is 1.77 bits per heavy atom. The first-order valence-corrected chi connectivity index (χ1v) is 7.34. The number of phenols is 1. The van der Waals surface area contributed by atoms with Crippen LogP contribution in [0.3, 0.4) is 0 Å². The summed E-state index contributed by atoms with van der Waals surface area (Å²) < 4.78 is 54.6. The Kier molecular flexibility index (Phi) is 3.33. The average molecular weight is 363 g/mol. The van der Waals surface area contributed by atoms with Gasteiger partial charge in [-0.3, -0.25) is 4.40 Å². The van der Waals surface area contributed by atoms with E-state index in [1.54, 1.807) is 6.92 Å². The van der Waals surface area contributed by atoms with Crippen molar-refractivity contribution in [1.29, 1.82) is 0 Å². The van der Waals surface area contributed by atoms with Crippen molar-refractivity contribution in [3.05, 3.63) is 47.5 Å². The fraction of sp³-hybridized carbons (Fsp3) is 0.125. The van der Waals surface area contributed by atoms with Gasteiger partial charge in [-0.15, -0.1) is 10.2 Å². The average Bonchev–Trinajstić information content (AvgIpc) is 3.02. The smallest absolute Gasteiger partial charge is 0.433 e. The molecule has 26 heavy (non-hydrogen) atoms. The molecule has 132 valence electrons. The molecule has 10 heteroatoms. The topological polar surface area (TPSA) is 76.2 Å². The van der Waals surface area contributed by atoms with Gasteiger partial charge in [0.15, 0.2) is 17.1 Å². The van der Waals surface area contributed by atoms with Crippen LogP contribution in [-0.4, -0.2) is 29.7 Å². The maximum Gasteiger partial charge on any atom is 0.433 e. The summed E-state index contributed by atoms with van der Waals surface area (Å²) in [7, 11) is 0. The first kappa shape index (κ1) is 16.2. The second-order valence-electron chi connectivity index (χ2n) is 5.58. The van der Waals surface area contributed by atoms with Crippen molar-refractivity contribution in [3.8, 4) is 17.1 Å². The van der Waals surface area contributed by atoms with E-state index in [2.05, 4.69) is 20.2 Å². The summed E-state index contributed by atoms with van der Waals surface area (Å²) in [5, 5.41) is 17.4. The number of pyridine rings is 1. The fourth-order valence-corrected chi connectivity index (χ4v) is 2.66. The molecule has 0 saturated heterocycles. The van der Waals surface area contributed by atoms with Crippen molar-refractivity contribution in [2.75, 3.05) is 0 Å². The molecule has 0 amide bonds. The minimum atomic E-state index is -4.66. The molecule has 4 rings (SSSR count). The van der Waals surface area contributed by atoms with Gasteiger partial charge in [0.1, 0.15) is 22.8 Å². The standard InChI is InChI=1S/C16H9F4N5O/c1-7-13-23-24-14(9-6-8(26)2-3-10(9)17)25(13)15-11(21-7)4-5-12(22-15)16(18,19)20/h2-6,26H,1H3. The summed E-state index contributed by atoms with van der Waals surface area (Å²) in [4.78, 5) is 7.81. The fourth-order valence-electron chi connectivity index (χ4n) is 2.66. The maximum atomic E-state index is 14.2. The number of rotatable bonds is 1. The molecule has 0 radical (unpaired) electrons. The van der Waals surface area contributed by atoms with Crippen molar-refractivity contribution in [2.24, 2.45) is 0 Å². The van der Waals surface area contributed by atoms with E-state index in [9.17, 15) is 22.7 Å². The van der Waals surface area contributed by atoms with E-state index in [0.29, 0.717) is 5.69 Å². The number of hydrogen-bond donors (Lipinski definition) is 1. The van der Waals surface area contributed by atoms with Crippen LogP contribution in [-0.2, 0) is 6.18 Å². The molecule has 0 bridgehead atoms. The van der Waals surface area contributed by atoms with Gasteiger partial charge in [-0.25, -0.2) is 14.4 Å². The zero-order valence-corrected chi connectivity index (χ0v) is 13.1. The Balaban J connectivity index is 2.14. The van der Waals surface area contributed by atoms with Crippen LogP contribution in [0.25, 0.3) is 28.2 Å². The first-order valence-electron chi connectivity index (χ1n) is 7.34. The lowest BCUT2D eigenvalue weighted by Gasteiger charge is -2.10. The van der Waals surface area contributed by atoms with E-state index in [-0.39, 0.29) is 33.9 Å². The Hall–Kier alpha value is -3.30. The van der Waals surface area contributed by atoms with Gasteiger partial charge in [0, 0.05) is 0 Å². The highest BCUT2D eigenvalue weighted by Crippen LogP contribution is 2.31. The summed E-state index contributed by atoms with van der Waals surface area (Å²) >= 11 is 0. The SMILES string of the molecule is Cc1nc2ccc(C(F)(F)F)nc2n2c(-c3cc(O)ccc3F)nnc12. The van der Waals surface area contributed by atoms with E-state index >= 15 is 0 Å². The van der Waals surface area contributed by atoms with Crippen LogP contribution in [0.2, 0.25) is 0 Å². The van der Waals surface area contributed by atoms with Crippen LogP contribution in [0.1, 0.15) is 11.4 Å². The lowest BCUT2D eigenvalue weighted by atomic mass is 10.2. The van der Waals surface area contributed by atoms with Gasteiger partial charge in [-0.2, -0.15) is 13.2 Å². The van der Waals surface area contributed by atoms with Crippen LogP contribution in [0.15, 0.2) is 30.3 Å². The molecule has 6 nitrogen and oxygen atoms in total. The number of aryl methyl sites for hydroxylation is 1. The van der Waals surface area contributed by atoms with Crippen molar-refractivity contribution in [3.63, 3.8) is 0 Å². The van der Waals surface area contributed by atoms with Crippen LogP contribution in [0, 0.1) is 12.7 Å². The van der Waals surface area contributed by atoms with E-state index < -0.39 is 17.7 Å². The predicted octanol–water partition coefficient (Wildman–Crippen LogP) is 3.51. The molecule has 0 unspecified atom stereocenters. The van der Waals surface area contributed by atoms with Crippen molar-refractivity contribution in [1.82, 2.24) is 24.6 Å². The highest BCUT2D eigenvalue weighted by molar-refractivity contribution is 5.78. The molecule has 0 saturated carbocycles. The third-order valence-corrected chi connectivity index (χ3v) is 3.82. The molecule has 0 atom stereocenters. The number of hydrogen-bond acceptors (Lipinski definition) is 5. The Labute approximate surface area is 142 Å². The van der Waals surface area contributed by atoms with Crippen LogP contribution >= 0.6 is 0 Å². The molecule has 0 aliphatic rings. The molecule has 3 aromatic heterocycles. The number of nitrogens with zero attached hydrogens (tertiary/aromatic N) is 5. The summed E-state index contributed by atoms with van der Waals surface area (Å²) in [5.74, 6) is -1.03. The van der Waals surface area contributed by atoms with Gasteiger partial charge >= 0.3 is 6.18 Å². The van der Waals surface area contributed by atoms with Crippen LogP contribution in [0.5, 0.6) is 5.75 Å². The van der Waals surface area contributed by atoms with E-state index in [1.807, 2.05) is 0 Å². The highest BCUT2D eigenvalue weighted by atomic mass is 19.4. The van der Waals surface area contributed by atoms with Crippen LogP contribution < -0.4 is 0 Å². The Morgan fingerprint density at radius 1 is 1.00 bits per heavy atom. The lowest BCUT2D eigenvalue weighted by molar-refractivity contribution is -0.141. The monoisotopic (exact) mass is 363 g/mol. The van der Waals surface area contributed by atoms with E-state index in [4.69, 9.17) is 0 Å². The molecule has 1 aromatic carbocycles. The minimum absolute atomic E-state index is 0.0873. The van der Waals surface area contributed by atoms with Crippen molar-refractivity contribution < 1.29 is 22.7 Å². The third kappa shape index (κ3) is 2.41. The summed E-state index contributed by atoms with van der Waals surface area (Å²) in [6.07, 6.45) is -4.66. The van der Waals surface area contributed by atoms with Gasteiger partial charge in [0.05, 0.1) is 11.3 Å². The molecular formula is C16H9F4N5O. The Morgan fingerprint density at radius 3 is 2.50 bits per heavy atom. The molecule has 0 aliphatic carbocycles. The van der Waals surface area contributed by atoms with Gasteiger partial charge in [-0.05, 0) is 37.3 Å². The second-order valence-corrected chi connectivity index (χ2v) is 5.58. The highest BCUT2D eigenvalue weighted by Gasteiger charge is 2.33. The number of aromatic hydroxyl groups is 1. The molecular weight excluding hydrogens is 354 g/mol. The third-order valence-electron chi connectivity index (χ3n) is 3.82. The number of halogens is 4. The predicted molar refractivity (Wildman–Crippen MR) is 82.9 cm³/mol. The van der Waals surface area contributed by atoms with Gasteiger partial charge < -0.3 is 5.11 Å². The molecule has 0 spiro atoms. The molecule has 4 aromatic rings. The molecule has 1 N–H and O–H groups in total. The molecule has 0 fully saturated rings. The second kappa shape index (κ2) is 5.35. The number of aromatic nitrogens is 5. The van der Waals surface area contributed by atoms with Crippen molar-refractivity contribution >= 4 is 16.8 Å². The minimum Gasteiger partial charge on any atom is -0.508 e. The first-order chi connectivity index (χ1) is 12.3. The van der Waals surface area contributed by atoms with E-state index in [0.717, 1.165) is 24.3 Å². The summed E-state index contributed by atoms with van der Waals surface area (Å²) in [6, 6.07) is 5.28. The normalized spacial score (nSPS) is 12.2.